The average molecular weight is 448 g/mol. The van der Waals surface area contributed by atoms with Crippen LogP contribution in [0.2, 0.25) is 0 Å². The third-order valence-corrected chi connectivity index (χ3v) is 5.16. The Morgan fingerprint density at radius 3 is 2.45 bits per heavy atom. The predicted molar refractivity (Wildman–Crippen MR) is 127 cm³/mol. The van der Waals surface area contributed by atoms with Gasteiger partial charge in [-0.1, -0.05) is 19.3 Å². The van der Waals surface area contributed by atoms with Crippen LogP contribution in [-0.4, -0.2) is 49.1 Å². The van der Waals surface area contributed by atoms with E-state index in [1.165, 1.54) is 38.3 Å². The first-order valence-electron chi connectivity index (χ1n) is 11.4. The van der Waals surface area contributed by atoms with E-state index in [9.17, 15) is 9.59 Å². The first-order chi connectivity index (χ1) is 16.2. The summed E-state index contributed by atoms with van der Waals surface area (Å²) in [7, 11) is 0. The molecule has 7 heteroatoms. The summed E-state index contributed by atoms with van der Waals surface area (Å²) >= 11 is 0. The van der Waals surface area contributed by atoms with Crippen molar-refractivity contribution in [1.82, 2.24) is 10.6 Å². The maximum absolute atomic E-state index is 12.0. The molecule has 0 radical (unpaired) electrons. The van der Waals surface area contributed by atoms with Crippen LogP contribution in [0.25, 0.3) is 5.53 Å². The van der Waals surface area contributed by atoms with Gasteiger partial charge in [0.2, 0.25) is 5.92 Å². The smallest absolute Gasteiger partial charge is 0.298 e. The van der Waals surface area contributed by atoms with Gasteiger partial charge in [-0.05, 0) is 49.9 Å². The zero-order valence-corrected chi connectivity index (χ0v) is 18.9. The lowest BCUT2D eigenvalue weighted by molar-refractivity contribution is -0.115. The van der Waals surface area contributed by atoms with Crippen LogP contribution >= 0.6 is 0 Å². The molecule has 0 bridgehead atoms. The van der Waals surface area contributed by atoms with Gasteiger partial charge < -0.3 is 20.9 Å². The molecule has 1 saturated carbocycles. The molecule has 1 aliphatic carbocycles. The lowest BCUT2D eigenvalue weighted by Crippen LogP contribution is -2.25. The average Bonchev–Trinajstić information content (AvgIpc) is 2.84. The van der Waals surface area contributed by atoms with E-state index >= 15 is 0 Å². The van der Waals surface area contributed by atoms with Crippen LogP contribution in [0.5, 0.6) is 0 Å². The van der Waals surface area contributed by atoms with Crippen LogP contribution < -0.4 is 10.6 Å². The normalized spacial score (nSPS) is 12.7. The zero-order chi connectivity index (χ0) is 23.6. The Kier molecular flexibility index (Phi) is 12.6. The summed E-state index contributed by atoms with van der Waals surface area (Å²) in [4.78, 5) is 26.6. The molecule has 0 heterocycles. The molecule has 33 heavy (non-hydrogen) atoms. The van der Waals surface area contributed by atoms with Gasteiger partial charge in [-0.15, -0.1) is 0 Å². The second-order valence-electron chi connectivity index (χ2n) is 7.78. The first-order valence-corrected chi connectivity index (χ1v) is 11.4. The standard InChI is InChI=1S/C26H30N4O3/c27-30-21-23-13-15-24(16-14-23)26(32)29-18-8-20-33-19-7-17-28-25(31)12-6-2-5-11-22-9-3-1-4-10-22/h11,13-16,21-22H,1,3-4,7-10,17-20H2,(H-,28,29,31,32)/p+1. The van der Waals surface area contributed by atoms with E-state index in [0.717, 1.165) is 0 Å². The Labute approximate surface area is 196 Å². The summed E-state index contributed by atoms with van der Waals surface area (Å²) in [5.41, 5.74) is 9.74. The van der Waals surface area contributed by atoms with Crippen molar-refractivity contribution in [3.8, 4) is 23.7 Å². The van der Waals surface area contributed by atoms with Gasteiger partial charge in [-0.25, -0.2) is 0 Å². The fraction of sp³-hybridized carbons (Fsp3) is 0.462. The van der Waals surface area contributed by atoms with Crippen LogP contribution in [0, 0.1) is 36.0 Å². The summed E-state index contributed by atoms with van der Waals surface area (Å²) in [6.07, 6.45) is 11.0. The van der Waals surface area contributed by atoms with Gasteiger partial charge in [-0.2, -0.15) is 4.79 Å². The number of nitrogens with one attached hydrogen (secondary N) is 2. The Hall–Kier alpha value is -3.51. The van der Waals surface area contributed by atoms with Gasteiger partial charge in [0.1, 0.15) is 12.3 Å². The number of carbonyl (C=O) groups excluding carboxylic acids is 2. The molecule has 1 aliphatic rings. The van der Waals surface area contributed by atoms with Gasteiger partial charge >= 0.3 is 0 Å². The highest BCUT2D eigenvalue weighted by molar-refractivity contribution is 5.95. The second kappa shape index (κ2) is 16.2. The number of nitrogens with zero attached hydrogens (tertiary/aromatic N) is 2. The van der Waals surface area contributed by atoms with Crippen LogP contribution in [0.4, 0.5) is 0 Å². The van der Waals surface area contributed by atoms with E-state index in [1.54, 1.807) is 24.3 Å². The number of ether oxygens (including phenoxy) is 1. The molecule has 0 atom stereocenters. The highest BCUT2D eigenvalue weighted by Gasteiger charge is 2.16. The molecule has 0 spiro atoms. The molecule has 0 aromatic heterocycles. The zero-order valence-electron chi connectivity index (χ0n) is 18.9. The molecule has 2 amide bonds. The van der Waals surface area contributed by atoms with Crippen molar-refractivity contribution < 1.29 is 19.1 Å². The molecular formula is C26H31N4O3+. The van der Waals surface area contributed by atoms with E-state index < -0.39 is 0 Å². The highest BCUT2D eigenvalue weighted by atomic mass is 16.5. The molecule has 1 fully saturated rings. The number of carbonyl (C=O) groups is 2. The van der Waals surface area contributed by atoms with Crippen LogP contribution in [-0.2, 0) is 9.53 Å². The third-order valence-electron chi connectivity index (χ3n) is 5.16. The molecule has 172 valence electrons. The predicted octanol–water partition coefficient (Wildman–Crippen LogP) is 2.77. The highest BCUT2D eigenvalue weighted by Crippen LogP contribution is 2.24. The minimum absolute atomic E-state index is 0.164. The van der Waals surface area contributed by atoms with E-state index in [4.69, 9.17) is 10.3 Å². The van der Waals surface area contributed by atoms with Crippen LogP contribution in [0.1, 0.15) is 60.9 Å². The number of hydrogen-bond donors (Lipinski definition) is 2. The van der Waals surface area contributed by atoms with Crippen molar-refractivity contribution in [2.45, 2.75) is 44.9 Å². The fourth-order valence-electron chi connectivity index (χ4n) is 3.37. The number of rotatable bonds is 11. The monoisotopic (exact) mass is 447 g/mol. The van der Waals surface area contributed by atoms with E-state index in [0.29, 0.717) is 56.2 Å². The van der Waals surface area contributed by atoms with Crippen molar-refractivity contribution in [3.05, 3.63) is 47.3 Å². The SMILES string of the molecule is [N-]=[N+]=Cc1ccc(C(=O)NCCCOCCCNC(=O)C#CC#C[CH+]C2CCCCC2)cc1. The number of hydrogen-bond acceptors (Lipinski definition) is 3. The van der Waals surface area contributed by atoms with Gasteiger partial charge in [0.25, 0.3) is 18.0 Å². The van der Waals surface area contributed by atoms with E-state index in [2.05, 4.69) is 39.1 Å². The quantitative estimate of drug-likeness (QED) is 0.136. The number of benzene rings is 1. The summed E-state index contributed by atoms with van der Waals surface area (Å²) in [6, 6.07) is 6.74. The van der Waals surface area contributed by atoms with E-state index in [1.807, 2.05) is 6.42 Å². The van der Waals surface area contributed by atoms with Crippen molar-refractivity contribution in [1.29, 1.82) is 0 Å². The minimum Gasteiger partial charge on any atom is -0.381 e. The Morgan fingerprint density at radius 2 is 1.76 bits per heavy atom. The summed E-state index contributed by atoms with van der Waals surface area (Å²) in [6.45, 7) is 2.03. The van der Waals surface area contributed by atoms with Crippen molar-refractivity contribution in [2.75, 3.05) is 26.3 Å². The molecule has 2 N–H and O–H groups in total. The summed E-state index contributed by atoms with van der Waals surface area (Å²) in [5.74, 6) is 10.8. The minimum atomic E-state index is -0.332. The maximum atomic E-state index is 12.0. The topological polar surface area (TPSA) is 104 Å². The number of amides is 2. The van der Waals surface area contributed by atoms with Crippen molar-refractivity contribution >= 4 is 18.0 Å². The van der Waals surface area contributed by atoms with Crippen molar-refractivity contribution in [2.24, 2.45) is 5.92 Å². The Balaban J connectivity index is 1.44. The molecule has 2 rings (SSSR count). The summed E-state index contributed by atoms with van der Waals surface area (Å²) in [5, 5.41) is 5.55. The molecule has 0 unspecified atom stereocenters. The molecule has 7 nitrogen and oxygen atoms in total. The van der Waals surface area contributed by atoms with Gasteiger partial charge in [0.05, 0.1) is 11.5 Å². The lowest BCUT2D eigenvalue weighted by atomic mass is 9.87. The largest absolute Gasteiger partial charge is 0.381 e. The van der Waals surface area contributed by atoms with E-state index in [-0.39, 0.29) is 11.8 Å². The van der Waals surface area contributed by atoms with Gasteiger partial charge in [0, 0.05) is 37.8 Å². The van der Waals surface area contributed by atoms with Gasteiger partial charge in [-0.3, -0.25) is 9.59 Å². The second-order valence-corrected chi connectivity index (χ2v) is 7.78. The fourth-order valence-corrected chi connectivity index (χ4v) is 3.37. The molecular weight excluding hydrogens is 416 g/mol. The lowest BCUT2D eigenvalue weighted by Gasteiger charge is -2.14. The summed E-state index contributed by atoms with van der Waals surface area (Å²) < 4.78 is 5.51. The molecule has 1 aromatic rings. The Morgan fingerprint density at radius 1 is 1.06 bits per heavy atom. The van der Waals surface area contributed by atoms with Crippen molar-refractivity contribution in [3.63, 3.8) is 0 Å². The first kappa shape index (κ1) is 25.7. The Bertz CT molecular complexity index is 922. The maximum Gasteiger partial charge on any atom is 0.298 e. The molecule has 0 saturated heterocycles. The van der Waals surface area contributed by atoms with Gasteiger partial charge in [0.15, 0.2) is 5.92 Å². The third kappa shape index (κ3) is 11.6. The molecule has 0 aliphatic heterocycles. The molecule has 1 aromatic carbocycles. The van der Waals surface area contributed by atoms with Crippen LogP contribution in [0.3, 0.4) is 0 Å². The van der Waals surface area contributed by atoms with Crippen LogP contribution in [0.15, 0.2) is 24.3 Å².